The Morgan fingerprint density at radius 2 is 2.18 bits per heavy atom. The van der Waals surface area contributed by atoms with Crippen LogP contribution < -0.4 is 0 Å². The number of aromatic amines is 1. The lowest BCUT2D eigenvalue weighted by Gasteiger charge is -2.24. The molecule has 2 aliphatic carbocycles. The maximum atomic E-state index is 5.64. The summed E-state index contributed by atoms with van der Waals surface area (Å²) < 4.78 is 5.30. The molecule has 2 heterocycles. The molecule has 3 aromatic rings. The predicted molar refractivity (Wildman–Crippen MR) is 88.7 cm³/mol. The molecule has 1 aromatic carbocycles. The van der Waals surface area contributed by atoms with Crippen molar-refractivity contribution in [2.45, 2.75) is 31.7 Å². The molecular weight excluding hydrogens is 292 g/mol. The van der Waals surface area contributed by atoms with Gasteiger partial charge in [-0.05, 0) is 61.5 Å². The second kappa shape index (κ2) is 4.56. The van der Waals surface area contributed by atoms with E-state index in [1.165, 1.54) is 31.2 Å². The van der Waals surface area contributed by atoms with E-state index >= 15 is 0 Å². The molecule has 3 atom stereocenters. The zero-order valence-corrected chi connectivity index (χ0v) is 13.1. The first-order chi connectivity index (χ1) is 10.8. The number of hydrogen-bond acceptors (Lipinski definition) is 2. The minimum Gasteiger partial charge on any atom is -0.331 e. The minimum absolute atomic E-state index is 0.582. The standard InChI is InChI=1S/C17H18N4S/c22-17-19-14-4-3-13(20-6-5-18-10-20)9-16(14)21(17)15-8-11-1-2-12(15)7-11/h3-6,9-12,15H,1-2,7-8H2,(H,19,22)/t11-,12+,15-/m1/s1. The summed E-state index contributed by atoms with van der Waals surface area (Å²) in [6.45, 7) is 0. The number of aromatic nitrogens is 4. The Morgan fingerprint density at radius 3 is 2.91 bits per heavy atom. The van der Waals surface area contributed by atoms with E-state index in [1.807, 2.05) is 23.3 Å². The van der Waals surface area contributed by atoms with Crippen LogP contribution in [0.4, 0.5) is 0 Å². The molecular formula is C17H18N4S. The van der Waals surface area contributed by atoms with E-state index in [1.54, 1.807) is 0 Å². The number of fused-ring (bicyclic) bond motifs is 3. The van der Waals surface area contributed by atoms with Crippen LogP contribution in [0.2, 0.25) is 0 Å². The van der Waals surface area contributed by atoms with Crippen LogP contribution in [0.25, 0.3) is 16.7 Å². The third-order valence-corrected chi connectivity index (χ3v) is 5.83. The molecule has 22 heavy (non-hydrogen) atoms. The smallest absolute Gasteiger partial charge is 0.178 e. The summed E-state index contributed by atoms with van der Waals surface area (Å²) in [5.74, 6) is 1.73. The van der Waals surface area contributed by atoms with E-state index in [9.17, 15) is 0 Å². The van der Waals surface area contributed by atoms with Crippen LogP contribution in [0, 0.1) is 16.6 Å². The third kappa shape index (κ3) is 1.75. The number of imidazole rings is 2. The molecule has 112 valence electrons. The molecule has 2 aliphatic rings. The van der Waals surface area contributed by atoms with Gasteiger partial charge in [-0.1, -0.05) is 6.42 Å². The fourth-order valence-corrected chi connectivity index (χ4v) is 4.88. The van der Waals surface area contributed by atoms with Crippen molar-refractivity contribution in [1.82, 2.24) is 19.1 Å². The van der Waals surface area contributed by atoms with Gasteiger partial charge in [0.2, 0.25) is 0 Å². The van der Waals surface area contributed by atoms with Gasteiger partial charge < -0.3 is 14.1 Å². The summed E-state index contributed by atoms with van der Waals surface area (Å²) >= 11 is 5.64. The van der Waals surface area contributed by atoms with Crippen molar-refractivity contribution in [3.63, 3.8) is 0 Å². The predicted octanol–water partition coefficient (Wildman–Crippen LogP) is 4.25. The molecule has 0 unspecified atom stereocenters. The highest BCUT2D eigenvalue weighted by Crippen LogP contribution is 2.51. The Morgan fingerprint density at radius 1 is 1.23 bits per heavy atom. The largest absolute Gasteiger partial charge is 0.331 e. The van der Waals surface area contributed by atoms with Crippen LogP contribution in [0.3, 0.4) is 0 Å². The quantitative estimate of drug-likeness (QED) is 0.719. The van der Waals surface area contributed by atoms with Gasteiger partial charge in [0.15, 0.2) is 4.77 Å². The van der Waals surface area contributed by atoms with E-state index in [0.717, 1.165) is 27.8 Å². The van der Waals surface area contributed by atoms with E-state index < -0.39 is 0 Å². The lowest BCUT2D eigenvalue weighted by Crippen LogP contribution is -2.16. The molecule has 1 N–H and O–H groups in total. The van der Waals surface area contributed by atoms with Gasteiger partial charge in [0.1, 0.15) is 0 Å². The van der Waals surface area contributed by atoms with Crippen LogP contribution in [0.1, 0.15) is 31.7 Å². The van der Waals surface area contributed by atoms with Gasteiger partial charge in [0.25, 0.3) is 0 Å². The van der Waals surface area contributed by atoms with Gasteiger partial charge in [-0.25, -0.2) is 4.98 Å². The second-order valence-corrected chi connectivity index (χ2v) is 7.10. The molecule has 0 radical (unpaired) electrons. The lowest BCUT2D eigenvalue weighted by molar-refractivity contribution is 0.333. The molecule has 5 rings (SSSR count). The average molecular weight is 310 g/mol. The molecule has 2 fully saturated rings. The second-order valence-electron chi connectivity index (χ2n) is 6.71. The van der Waals surface area contributed by atoms with E-state index in [-0.39, 0.29) is 0 Å². The van der Waals surface area contributed by atoms with Crippen LogP contribution in [0.15, 0.2) is 36.9 Å². The van der Waals surface area contributed by atoms with Crippen molar-refractivity contribution in [1.29, 1.82) is 0 Å². The Hall–Kier alpha value is -1.88. The molecule has 2 bridgehead atoms. The lowest BCUT2D eigenvalue weighted by atomic mass is 9.95. The van der Waals surface area contributed by atoms with Gasteiger partial charge >= 0.3 is 0 Å². The third-order valence-electron chi connectivity index (χ3n) is 5.54. The molecule has 0 saturated heterocycles. The van der Waals surface area contributed by atoms with Gasteiger partial charge in [0.05, 0.1) is 17.4 Å². The van der Waals surface area contributed by atoms with Crippen molar-refractivity contribution in [2.75, 3.05) is 0 Å². The van der Waals surface area contributed by atoms with Gasteiger partial charge in [-0.2, -0.15) is 0 Å². The maximum absolute atomic E-state index is 5.64. The van der Waals surface area contributed by atoms with E-state index in [4.69, 9.17) is 12.2 Å². The molecule has 0 spiro atoms. The number of rotatable bonds is 2. The summed E-state index contributed by atoms with van der Waals surface area (Å²) in [7, 11) is 0. The summed E-state index contributed by atoms with van der Waals surface area (Å²) in [5, 5.41) is 0. The van der Waals surface area contributed by atoms with Crippen LogP contribution in [-0.2, 0) is 0 Å². The topological polar surface area (TPSA) is 38.5 Å². The van der Waals surface area contributed by atoms with Crippen LogP contribution in [-0.4, -0.2) is 19.1 Å². The number of nitrogens with one attached hydrogen (secondary N) is 1. The number of H-pyrrole nitrogens is 1. The zero-order chi connectivity index (χ0) is 14.7. The summed E-state index contributed by atoms with van der Waals surface area (Å²) in [6.07, 6.45) is 11.1. The molecule has 4 nitrogen and oxygen atoms in total. The normalized spacial score (nSPS) is 27.0. The highest BCUT2D eigenvalue weighted by Gasteiger charge is 2.41. The Kier molecular flexibility index (Phi) is 2.62. The molecule has 2 saturated carbocycles. The average Bonchev–Trinajstić information content (AvgIpc) is 3.29. The summed E-state index contributed by atoms with van der Waals surface area (Å²) in [6, 6.07) is 7.05. The Balaban J connectivity index is 1.68. The monoisotopic (exact) mass is 310 g/mol. The maximum Gasteiger partial charge on any atom is 0.178 e. The number of hydrogen-bond donors (Lipinski definition) is 1. The number of nitrogens with zero attached hydrogens (tertiary/aromatic N) is 3. The van der Waals surface area contributed by atoms with E-state index in [2.05, 4.69) is 32.7 Å². The SMILES string of the molecule is S=c1[nH]c2ccc(-n3ccnc3)cc2n1[C@@H]1C[C@@H]2CC[C@H]1C2. The Bertz CT molecular complexity index is 889. The fourth-order valence-electron chi connectivity index (χ4n) is 4.54. The summed E-state index contributed by atoms with van der Waals surface area (Å²) in [4.78, 5) is 7.53. The summed E-state index contributed by atoms with van der Waals surface area (Å²) in [5.41, 5.74) is 3.50. The highest BCUT2D eigenvalue weighted by atomic mass is 32.1. The molecule has 0 aliphatic heterocycles. The first kappa shape index (κ1) is 12.6. The zero-order valence-electron chi connectivity index (χ0n) is 12.3. The first-order valence-corrected chi connectivity index (χ1v) is 8.43. The molecule has 5 heteroatoms. The van der Waals surface area contributed by atoms with Crippen molar-refractivity contribution >= 4 is 23.3 Å². The Labute approximate surface area is 133 Å². The van der Waals surface area contributed by atoms with E-state index in [0.29, 0.717) is 6.04 Å². The molecule has 2 aromatic heterocycles. The van der Waals surface area contributed by atoms with Gasteiger partial charge in [-0.15, -0.1) is 0 Å². The van der Waals surface area contributed by atoms with Crippen LogP contribution >= 0.6 is 12.2 Å². The fraction of sp³-hybridized carbons (Fsp3) is 0.412. The van der Waals surface area contributed by atoms with Crippen LogP contribution in [0.5, 0.6) is 0 Å². The van der Waals surface area contributed by atoms with Crippen molar-refractivity contribution in [3.8, 4) is 5.69 Å². The van der Waals surface area contributed by atoms with Gasteiger partial charge in [0, 0.05) is 24.1 Å². The van der Waals surface area contributed by atoms with Crippen molar-refractivity contribution in [3.05, 3.63) is 41.7 Å². The first-order valence-electron chi connectivity index (χ1n) is 8.02. The minimum atomic E-state index is 0.582. The van der Waals surface area contributed by atoms with Gasteiger partial charge in [-0.3, -0.25) is 0 Å². The highest BCUT2D eigenvalue weighted by molar-refractivity contribution is 7.71. The van der Waals surface area contributed by atoms with Crippen molar-refractivity contribution in [2.24, 2.45) is 11.8 Å². The molecule has 0 amide bonds. The number of benzene rings is 1. The van der Waals surface area contributed by atoms with Crippen molar-refractivity contribution < 1.29 is 0 Å².